The molecule has 136 valence electrons. The number of carbonyl (C=O) groups is 2. The molecule has 7 nitrogen and oxygen atoms in total. The lowest BCUT2D eigenvalue weighted by Gasteiger charge is -2.15. The fourth-order valence-electron chi connectivity index (χ4n) is 2.20. The van der Waals surface area contributed by atoms with Gasteiger partial charge in [-0.2, -0.15) is 5.01 Å². The molecular formula is C17H10ClN3O4S2. The summed E-state index contributed by atoms with van der Waals surface area (Å²) in [5, 5.41) is 12.4. The molecule has 1 aliphatic rings. The molecule has 0 unspecified atom stereocenters. The van der Waals surface area contributed by atoms with Crippen molar-refractivity contribution < 1.29 is 14.5 Å². The molecule has 0 saturated carbocycles. The maximum atomic E-state index is 12.5. The minimum Gasteiger partial charge on any atom is -0.267 e. The number of nitrogens with zero attached hydrogens (tertiary/aromatic N) is 2. The predicted octanol–water partition coefficient (Wildman–Crippen LogP) is 3.79. The summed E-state index contributed by atoms with van der Waals surface area (Å²) in [5.41, 5.74) is 2.95. The SMILES string of the molecule is O=C(NN1C(=O)/C(=C/c2ccc(Cl)cc2)SC1=S)c1cccc([N+](=O)[O-])c1. The standard InChI is InChI=1S/C17H10ClN3O4S2/c18-12-6-4-10(5-7-12)8-14-16(23)20(17(26)27-14)19-15(22)11-2-1-3-13(9-11)21(24)25/h1-9H,(H,19,22)/b14-8-. The van der Waals surface area contributed by atoms with Gasteiger partial charge in [-0.15, -0.1) is 0 Å². The van der Waals surface area contributed by atoms with Crippen molar-refractivity contribution in [2.45, 2.75) is 0 Å². The van der Waals surface area contributed by atoms with Gasteiger partial charge >= 0.3 is 0 Å². The van der Waals surface area contributed by atoms with E-state index in [4.69, 9.17) is 23.8 Å². The second-order valence-electron chi connectivity index (χ2n) is 5.32. The van der Waals surface area contributed by atoms with Crippen molar-refractivity contribution in [1.82, 2.24) is 10.4 Å². The predicted molar refractivity (Wildman–Crippen MR) is 107 cm³/mol. The number of hydrogen-bond donors (Lipinski definition) is 1. The van der Waals surface area contributed by atoms with Gasteiger partial charge in [0, 0.05) is 22.7 Å². The Labute approximate surface area is 168 Å². The van der Waals surface area contributed by atoms with Gasteiger partial charge in [0.2, 0.25) is 0 Å². The Hall–Kier alpha value is -2.75. The van der Waals surface area contributed by atoms with E-state index >= 15 is 0 Å². The Morgan fingerprint density at radius 3 is 2.63 bits per heavy atom. The van der Waals surface area contributed by atoms with Crippen LogP contribution in [0.3, 0.4) is 0 Å². The zero-order valence-electron chi connectivity index (χ0n) is 13.4. The number of carbonyl (C=O) groups excluding carboxylic acids is 2. The lowest BCUT2D eigenvalue weighted by atomic mass is 10.2. The first-order valence-electron chi connectivity index (χ1n) is 7.44. The van der Waals surface area contributed by atoms with Crippen LogP contribution in [0.4, 0.5) is 5.69 Å². The lowest BCUT2D eigenvalue weighted by molar-refractivity contribution is -0.384. The molecule has 0 bridgehead atoms. The monoisotopic (exact) mass is 419 g/mol. The highest BCUT2D eigenvalue weighted by atomic mass is 35.5. The first kappa shape index (κ1) is 19.0. The van der Waals surface area contributed by atoms with Crippen molar-refractivity contribution in [3.05, 3.63) is 79.7 Å². The topological polar surface area (TPSA) is 92.6 Å². The molecule has 2 amide bonds. The van der Waals surface area contributed by atoms with Gasteiger partial charge in [0.05, 0.1) is 9.83 Å². The highest BCUT2D eigenvalue weighted by Gasteiger charge is 2.33. The molecular weight excluding hydrogens is 410 g/mol. The summed E-state index contributed by atoms with van der Waals surface area (Å²) < 4.78 is 0.152. The number of rotatable bonds is 4. The van der Waals surface area contributed by atoms with Crippen LogP contribution in [0.2, 0.25) is 5.02 Å². The third-order valence-corrected chi connectivity index (χ3v) is 5.05. The number of thioether (sulfide) groups is 1. The van der Waals surface area contributed by atoms with Crippen LogP contribution < -0.4 is 5.43 Å². The summed E-state index contributed by atoms with van der Waals surface area (Å²) in [7, 11) is 0. The summed E-state index contributed by atoms with van der Waals surface area (Å²) in [6, 6.07) is 12.1. The Balaban J connectivity index is 1.77. The van der Waals surface area contributed by atoms with Crippen molar-refractivity contribution >= 4 is 63.5 Å². The van der Waals surface area contributed by atoms with E-state index < -0.39 is 16.7 Å². The van der Waals surface area contributed by atoms with Crippen molar-refractivity contribution in [3.8, 4) is 0 Å². The van der Waals surface area contributed by atoms with Crippen LogP contribution in [0.5, 0.6) is 0 Å². The Morgan fingerprint density at radius 2 is 1.96 bits per heavy atom. The van der Waals surface area contributed by atoms with Gasteiger partial charge in [-0.05, 0) is 42.1 Å². The van der Waals surface area contributed by atoms with Crippen LogP contribution in [0, 0.1) is 10.1 Å². The summed E-state index contributed by atoms with van der Waals surface area (Å²) in [4.78, 5) is 35.4. The number of non-ortho nitro benzene ring substituents is 1. The van der Waals surface area contributed by atoms with Crippen molar-refractivity contribution in [3.63, 3.8) is 0 Å². The van der Waals surface area contributed by atoms with Gasteiger partial charge in [-0.25, -0.2) is 0 Å². The van der Waals surface area contributed by atoms with Crippen molar-refractivity contribution in [2.75, 3.05) is 0 Å². The number of nitro groups is 1. The molecule has 0 aromatic heterocycles. The van der Waals surface area contributed by atoms with E-state index in [0.29, 0.717) is 9.93 Å². The van der Waals surface area contributed by atoms with Gasteiger partial charge in [0.1, 0.15) is 0 Å². The van der Waals surface area contributed by atoms with E-state index in [1.165, 1.54) is 18.2 Å². The Kier molecular flexibility index (Phi) is 5.54. The fraction of sp³-hybridized carbons (Fsp3) is 0. The van der Waals surface area contributed by atoms with E-state index in [9.17, 15) is 19.7 Å². The zero-order valence-corrected chi connectivity index (χ0v) is 15.8. The number of halogens is 1. The Bertz CT molecular complexity index is 992. The average molecular weight is 420 g/mol. The minimum absolute atomic E-state index is 0.0416. The highest BCUT2D eigenvalue weighted by Crippen LogP contribution is 2.31. The summed E-state index contributed by atoms with van der Waals surface area (Å²) in [5.74, 6) is -1.17. The first-order chi connectivity index (χ1) is 12.8. The molecule has 1 heterocycles. The zero-order chi connectivity index (χ0) is 19.6. The number of hydrazine groups is 1. The minimum atomic E-state index is -0.678. The van der Waals surface area contributed by atoms with Crippen LogP contribution in [-0.4, -0.2) is 26.1 Å². The third kappa shape index (κ3) is 4.33. The van der Waals surface area contributed by atoms with Gasteiger partial charge in [-0.1, -0.05) is 41.6 Å². The maximum absolute atomic E-state index is 12.5. The fourth-order valence-corrected chi connectivity index (χ4v) is 3.51. The van der Waals surface area contributed by atoms with E-state index in [1.807, 2.05) is 0 Å². The summed E-state index contributed by atoms with van der Waals surface area (Å²) in [6.07, 6.45) is 1.63. The van der Waals surface area contributed by atoms with Crippen molar-refractivity contribution in [2.24, 2.45) is 0 Å². The molecule has 1 saturated heterocycles. The van der Waals surface area contributed by atoms with Gasteiger partial charge in [-0.3, -0.25) is 25.1 Å². The molecule has 1 N–H and O–H groups in total. The number of thiocarbonyl (C=S) groups is 1. The normalized spacial score (nSPS) is 15.3. The molecule has 27 heavy (non-hydrogen) atoms. The van der Waals surface area contributed by atoms with Crippen LogP contribution >= 0.6 is 35.6 Å². The first-order valence-corrected chi connectivity index (χ1v) is 9.04. The molecule has 2 aromatic carbocycles. The molecule has 0 radical (unpaired) electrons. The van der Waals surface area contributed by atoms with E-state index in [-0.39, 0.29) is 15.6 Å². The molecule has 0 spiro atoms. The molecule has 1 aliphatic heterocycles. The van der Waals surface area contributed by atoms with Crippen LogP contribution in [0.25, 0.3) is 6.08 Å². The second kappa shape index (κ2) is 7.87. The summed E-state index contributed by atoms with van der Waals surface area (Å²) in [6.45, 7) is 0. The Morgan fingerprint density at radius 1 is 1.26 bits per heavy atom. The number of nitro benzene ring substituents is 1. The molecule has 0 aliphatic carbocycles. The van der Waals surface area contributed by atoms with Crippen LogP contribution in [0.1, 0.15) is 15.9 Å². The maximum Gasteiger partial charge on any atom is 0.285 e. The lowest BCUT2D eigenvalue weighted by Crippen LogP contribution is -2.44. The number of benzene rings is 2. The second-order valence-corrected chi connectivity index (χ2v) is 7.43. The average Bonchev–Trinajstić information content (AvgIpc) is 2.91. The molecule has 10 heteroatoms. The molecule has 1 fully saturated rings. The van der Waals surface area contributed by atoms with Gasteiger partial charge in [0.25, 0.3) is 17.5 Å². The van der Waals surface area contributed by atoms with Crippen molar-refractivity contribution in [1.29, 1.82) is 0 Å². The molecule has 0 atom stereocenters. The smallest absolute Gasteiger partial charge is 0.267 e. The van der Waals surface area contributed by atoms with Crippen LogP contribution in [0.15, 0.2) is 53.4 Å². The van der Waals surface area contributed by atoms with E-state index in [2.05, 4.69) is 5.43 Å². The molecule has 3 rings (SSSR count). The van der Waals surface area contributed by atoms with E-state index in [0.717, 1.165) is 28.4 Å². The number of amides is 2. The van der Waals surface area contributed by atoms with E-state index in [1.54, 1.807) is 30.3 Å². The highest BCUT2D eigenvalue weighted by molar-refractivity contribution is 8.26. The molecule has 2 aromatic rings. The van der Waals surface area contributed by atoms with Gasteiger partial charge in [0.15, 0.2) is 4.32 Å². The van der Waals surface area contributed by atoms with Crippen LogP contribution in [-0.2, 0) is 4.79 Å². The van der Waals surface area contributed by atoms with Gasteiger partial charge < -0.3 is 0 Å². The number of nitrogens with one attached hydrogen (secondary N) is 1. The summed E-state index contributed by atoms with van der Waals surface area (Å²) >= 11 is 12.0. The quantitative estimate of drug-likeness (QED) is 0.351. The largest absolute Gasteiger partial charge is 0.285 e. The number of hydrogen-bond acceptors (Lipinski definition) is 6. The third-order valence-electron chi connectivity index (χ3n) is 3.49.